The van der Waals surface area contributed by atoms with E-state index in [4.69, 9.17) is 21.1 Å². The third-order valence-corrected chi connectivity index (χ3v) is 6.11. The number of hydrogen-bond acceptors (Lipinski definition) is 6. The molecular formula is C16H21ClN2O6S. The van der Waals surface area contributed by atoms with Gasteiger partial charge in [0.05, 0.1) is 5.02 Å². The molecule has 8 nitrogen and oxygen atoms in total. The number of hydrogen-bond donors (Lipinski definition) is 1. The zero-order valence-electron chi connectivity index (χ0n) is 14.7. The lowest BCUT2D eigenvalue weighted by Gasteiger charge is -2.17. The molecule has 1 N–H and O–H groups in total. The van der Waals surface area contributed by atoms with Gasteiger partial charge in [0.1, 0.15) is 4.90 Å². The third-order valence-electron chi connectivity index (χ3n) is 3.81. The molecule has 0 aliphatic carbocycles. The molecule has 144 valence electrons. The van der Waals surface area contributed by atoms with E-state index in [1.807, 2.05) is 0 Å². The van der Waals surface area contributed by atoms with Gasteiger partial charge in [-0.15, -0.1) is 0 Å². The van der Waals surface area contributed by atoms with Crippen molar-refractivity contribution in [1.29, 1.82) is 0 Å². The number of esters is 1. The highest BCUT2D eigenvalue weighted by Gasteiger charge is 2.28. The monoisotopic (exact) mass is 404 g/mol. The summed E-state index contributed by atoms with van der Waals surface area (Å²) >= 11 is 5.96. The lowest BCUT2D eigenvalue weighted by atomic mass is 10.2. The second-order valence-corrected chi connectivity index (χ2v) is 8.53. The fraction of sp³-hybridized carbons (Fsp3) is 0.500. The van der Waals surface area contributed by atoms with Gasteiger partial charge in [-0.3, -0.25) is 4.79 Å². The fourth-order valence-electron chi connectivity index (χ4n) is 2.29. The highest BCUT2D eigenvalue weighted by Crippen LogP contribution is 2.27. The maximum atomic E-state index is 12.3. The lowest BCUT2D eigenvalue weighted by Crippen LogP contribution is -2.34. The maximum Gasteiger partial charge on any atom is 0.336 e. The number of amides is 1. The molecule has 26 heavy (non-hydrogen) atoms. The highest BCUT2D eigenvalue weighted by molar-refractivity contribution is 7.89. The van der Waals surface area contributed by atoms with E-state index in [0.29, 0.717) is 13.0 Å². The zero-order chi connectivity index (χ0) is 19.5. The molecule has 0 saturated carbocycles. The standard InChI is InChI=1S/C16H21ClN2O6S/c1-10(25-16(21)13-5-4-8-24-13)15(20)18-11-6-7-12(17)14(9-11)26(22,23)19(2)3/h6-7,9-10,13H,4-5,8H2,1-3H3,(H,18,20)/t10-,13+/m1/s1. The molecule has 0 unspecified atom stereocenters. The highest BCUT2D eigenvalue weighted by atomic mass is 35.5. The molecule has 0 bridgehead atoms. The molecule has 1 heterocycles. The third kappa shape index (κ3) is 4.73. The van der Waals surface area contributed by atoms with E-state index >= 15 is 0 Å². The summed E-state index contributed by atoms with van der Waals surface area (Å²) in [5.74, 6) is -1.18. The molecule has 0 spiro atoms. The van der Waals surface area contributed by atoms with Crippen LogP contribution in [0.3, 0.4) is 0 Å². The van der Waals surface area contributed by atoms with E-state index in [2.05, 4.69) is 5.32 Å². The summed E-state index contributed by atoms with van der Waals surface area (Å²) in [6.45, 7) is 1.92. The van der Waals surface area contributed by atoms with Crippen LogP contribution in [0, 0.1) is 0 Å². The summed E-state index contributed by atoms with van der Waals surface area (Å²) in [4.78, 5) is 24.0. The summed E-state index contributed by atoms with van der Waals surface area (Å²) < 4.78 is 35.9. The number of nitrogens with zero attached hydrogens (tertiary/aromatic N) is 1. The summed E-state index contributed by atoms with van der Waals surface area (Å²) in [7, 11) is -1.01. The van der Waals surface area contributed by atoms with Gasteiger partial charge in [-0.1, -0.05) is 11.6 Å². The minimum atomic E-state index is -3.77. The van der Waals surface area contributed by atoms with Crippen LogP contribution in [0.4, 0.5) is 5.69 Å². The Morgan fingerprint density at radius 2 is 2.08 bits per heavy atom. The second kappa shape index (κ2) is 8.34. The minimum absolute atomic E-state index is 0.0366. The first-order valence-electron chi connectivity index (χ1n) is 7.98. The smallest absolute Gasteiger partial charge is 0.336 e. The van der Waals surface area contributed by atoms with E-state index in [9.17, 15) is 18.0 Å². The molecule has 1 aromatic carbocycles. The van der Waals surface area contributed by atoms with Crippen molar-refractivity contribution in [1.82, 2.24) is 4.31 Å². The number of anilines is 1. The zero-order valence-corrected chi connectivity index (χ0v) is 16.3. The van der Waals surface area contributed by atoms with Crippen LogP contribution >= 0.6 is 11.6 Å². The number of nitrogens with one attached hydrogen (secondary N) is 1. The molecular weight excluding hydrogens is 384 g/mol. The average Bonchev–Trinajstić information content (AvgIpc) is 3.10. The average molecular weight is 405 g/mol. The minimum Gasteiger partial charge on any atom is -0.451 e. The Morgan fingerprint density at radius 1 is 1.38 bits per heavy atom. The van der Waals surface area contributed by atoms with E-state index < -0.39 is 34.1 Å². The first-order valence-corrected chi connectivity index (χ1v) is 9.79. The summed E-state index contributed by atoms with van der Waals surface area (Å²) in [5.41, 5.74) is 0.222. The molecule has 1 fully saturated rings. The Bertz CT molecular complexity index is 790. The van der Waals surface area contributed by atoms with Crippen LogP contribution in [0.1, 0.15) is 19.8 Å². The van der Waals surface area contributed by atoms with E-state index in [0.717, 1.165) is 10.7 Å². The molecule has 2 rings (SSSR count). The summed E-state index contributed by atoms with van der Waals surface area (Å²) in [6.07, 6.45) is -0.362. The first kappa shape index (κ1) is 20.6. The van der Waals surface area contributed by atoms with Gasteiger partial charge in [-0.2, -0.15) is 0 Å². The van der Waals surface area contributed by atoms with E-state index in [1.54, 1.807) is 0 Å². The van der Waals surface area contributed by atoms with Crippen molar-refractivity contribution < 1.29 is 27.5 Å². The van der Waals surface area contributed by atoms with Crippen molar-refractivity contribution in [2.24, 2.45) is 0 Å². The number of carbonyl (C=O) groups is 2. The first-order chi connectivity index (χ1) is 12.1. The van der Waals surface area contributed by atoms with E-state index in [-0.39, 0.29) is 15.6 Å². The molecule has 1 amide bonds. The van der Waals surface area contributed by atoms with Gasteiger partial charge in [-0.05, 0) is 38.0 Å². The number of carbonyl (C=O) groups excluding carboxylic acids is 2. The Hall–Kier alpha value is -1.68. The van der Waals surface area contributed by atoms with Crippen LogP contribution in [0.2, 0.25) is 5.02 Å². The number of sulfonamides is 1. The number of benzene rings is 1. The van der Waals surface area contributed by atoms with Crippen LogP contribution in [-0.4, -0.2) is 57.5 Å². The quantitative estimate of drug-likeness (QED) is 0.723. The molecule has 1 aliphatic rings. The molecule has 1 aromatic rings. The van der Waals surface area contributed by atoms with Gasteiger partial charge in [0.15, 0.2) is 12.2 Å². The van der Waals surface area contributed by atoms with Crippen LogP contribution in [0.15, 0.2) is 23.1 Å². The van der Waals surface area contributed by atoms with Gasteiger partial charge in [0.25, 0.3) is 5.91 Å². The Balaban J connectivity index is 2.07. The summed E-state index contributed by atoms with van der Waals surface area (Å²) in [6, 6.07) is 4.09. The topological polar surface area (TPSA) is 102 Å². The number of halogens is 1. The van der Waals surface area contributed by atoms with Gasteiger partial charge in [0.2, 0.25) is 10.0 Å². The fourth-order valence-corrected chi connectivity index (χ4v) is 3.68. The van der Waals surface area contributed by atoms with Gasteiger partial charge in [0, 0.05) is 26.4 Å². The molecule has 1 aliphatic heterocycles. The number of ether oxygens (including phenoxy) is 2. The number of rotatable bonds is 6. The molecule has 10 heteroatoms. The Kier molecular flexibility index (Phi) is 6.62. The van der Waals surface area contributed by atoms with Gasteiger partial charge < -0.3 is 14.8 Å². The van der Waals surface area contributed by atoms with Crippen molar-refractivity contribution in [2.75, 3.05) is 26.0 Å². The van der Waals surface area contributed by atoms with Crippen molar-refractivity contribution in [2.45, 2.75) is 36.9 Å². The van der Waals surface area contributed by atoms with Gasteiger partial charge >= 0.3 is 5.97 Å². The van der Waals surface area contributed by atoms with Gasteiger partial charge in [-0.25, -0.2) is 17.5 Å². The maximum absolute atomic E-state index is 12.3. The lowest BCUT2D eigenvalue weighted by molar-refractivity contribution is -0.162. The van der Waals surface area contributed by atoms with E-state index in [1.165, 1.54) is 39.2 Å². The normalized spacial score (nSPS) is 18.6. The van der Waals surface area contributed by atoms with Crippen molar-refractivity contribution >= 4 is 39.2 Å². The Morgan fingerprint density at radius 3 is 2.65 bits per heavy atom. The molecule has 1 saturated heterocycles. The SMILES string of the molecule is C[C@@H](OC(=O)[C@@H]1CCCO1)C(=O)Nc1ccc(Cl)c(S(=O)(=O)N(C)C)c1. The van der Waals surface area contributed by atoms with Crippen LogP contribution in [-0.2, 0) is 29.1 Å². The predicted octanol–water partition coefficient (Wildman–Crippen LogP) is 1.64. The van der Waals surface area contributed by atoms with Crippen LogP contribution in [0.25, 0.3) is 0 Å². The van der Waals surface area contributed by atoms with Crippen molar-refractivity contribution in [3.63, 3.8) is 0 Å². The van der Waals surface area contributed by atoms with Crippen molar-refractivity contribution in [3.05, 3.63) is 23.2 Å². The largest absolute Gasteiger partial charge is 0.451 e. The molecule has 0 aromatic heterocycles. The Labute approximate surface area is 157 Å². The second-order valence-electron chi connectivity index (χ2n) is 6.00. The van der Waals surface area contributed by atoms with Crippen molar-refractivity contribution in [3.8, 4) is 0 Å². The van der Waals surface area contributed by atoms with Crippen LogP contribution in [0.5, 0.6) is 0 Å². The summed E-state index contributed by atoms with van der Waals surface area (Å²) in [5, 5.41) is 2.55. The van der Waals surface area contributed by atoms with Crippen LogP contribution < -0.4 is 5.32 Å². The molecule has 2 atom stereocenters. The molecule has 0 radical (unpaired) electrons. The predicted molar refractivity (Wildman–Crippen MR) is 95.5 cm³/mol.